The van der Waals surface area contributed by atoms with Crippen LogP contribution in [0.15, 0.2) is 18.2 Å². The predicted molar refractivity (Wildman–Crippen MR) is 82.3 cm³/mol. The molecule has 0 spiro atoms. The molecule has 0 saturated heterocycles. The quantitative estimate of drug-likeness (QED) is 0.874. The number of amides is 2. The van der Waals surface area contributed by atoms with Crippen LogP contribution in [0.3, 0.4) is 0 Å². The van der Waals surface area contributed by atoms with Crippen LogP contribution in [0.25, 0.3) is 0 Å². The van der Waals surface area contributed by atoms with Crippen molar-refractivity contribution in [1.82, 2.24) is 5.32 Å². The standard InChI is InChI=1S/C17H22N2O2/c1-2-7-17(8-9-17)11-18-16(21)13-3-5-14-12(10-13)4-6-15(20)19-14/h3,5,10H,2,4,6-9,11H2,1H3,(H,18,21)(H,19,20). The summed E-state index contributed by atoms with van der Waals surface area (Å²) in [6.45, 7) is 2.98. The van der Waals surface area contributed by atoms with Crippen molar-refractivity contribution in [3.63, 3.8) is 0 Å². The number of benzene rings is 1. The molecule has 1 aliphatic heterocycles. The lowest BCUT2D eigenvalue weighted by atomic mass is 9.99. The second-order valence-electron chi connectivity index (χ2n) is 6.35. The molecular formula is C17H22N2O2. The molecule has 112 valence electrons. The van der Waals surface area contributed by atoms with Gasteiger partial charge in [0.15, 0.2) is 0 Å². The highest BCUT2D eigenvalue weighted by Gasteiger charge is 2.41. The Bertz CT molecular complexity index is 576. The third-order valence-electron chi connectivity index (χ3n) is 4.62. The van der Waals surface area contributed by atoms with Crippen LogP contribution in [-0.4, -0.2) is 18.4 Å². The van der Waals surface area contributed by atoms with E-state index in [2.05, 4.69) is 17.6 Å². The lowest BCUT2D eigenvalue weighted by Crippen LogP contribution is -2.30. The summed E-state index contributed by atoms with van der Waals surface area (Å²) in [5.74, 6) is 0.0482. The van der Waals surface area contributed by atoms with Crippen molar-refractivity contribution in [3.05, 3.63) is 29.3 Å². The van der Waals surface area contributed by atoms with Crippen molar-refractivity contribution in [2.24, 2.45) is 5.41 Å². The Labute approximate surface area is 125 Å². The molecule has 4 heteroatoms. The molecule has 0 unspecified atom stereocenters. The molecule has 3 rings (SSSR count). The van der Waals surface area contributed by atoms with Gasteiger partial charge in [0.1, 0.15) is 0 Å². The normalized spacial score (nSPS) is 18.6. The maximum atomic E-state index is 12.3. The number of rotatable bonds is 5. The van der Waals surface area contributed by atoms with E-state index in [4.69, 9.17) is 0 Å². The van der Waals surface area contributed by atoms with Gasteiger partial charge in [-0.2, -0.15) is 0 Å². The van der Waals surface area contributed by atoms with Crippen molar-refractivity contribution < 1.29 is 9.59 Å². The van der Waals surface area contributed by atoms with E-state index in [0.29, 0.717) is 23.8 Å². The van der Waals surface area contributed by atoms with Crippen LogP contribution in [0.4, 0.5) is 5.69 Å². The van der Waals surface area contributed by atoms with Crippen molar-refractivity contribution in [3.8, 4) is 0 Å². The Morgan fingerprint density at radius 1 is 1.33 bits per heavy atom. The van der Waals surface area contributed by atoms with Crippen molar-refractivity contribution in [2.75, 3.05) is 11.9 Å². The zero-order chi connectivity index (χ0) is 14.9. The molecule has 2 aliphatic rings. The highest BCUT2D eigenvalue weighted by molar-refractivity contribution is 5.97. The summed E-state index contributed by atoms with van der Waals surface area (Å²) >= 11 is 0. The number of carbonyl (C=O) groups excluding carboxylic acids is 2. The largest absolute Gasteiger partial charge is 0.351 e. The van der Waals surface area contributed by atoms with Gasteiger partial charge in [-0.15, -0.1) is 0 Å². The molecule has 0 radical (unpaired) electrons. The van der Waals surface area contributed by atoms with Gasteiger partial charge in [-0.05, 0) is 54.9 Å². The fraction of sp³-hybridized carbons (Fsp3) is 0.529. The second kappa shape index (κ2) is 5.51. The van der Waals surface area contributed by atoms with E-state index in [1.54, 1.807) is 6.07 Å². The number of fused-ring (bicyclic) bond motifs is 1. The summed E-state index contributed by atoms with van der Waals surface area (Å²) in [6, 6.07) is 5.53. The topological polar surface area (TPSA) is 58.2 Å². The van der Waals surface area contributed by atoms with Crippen LogP contribution in [0.2, 0.25) is 0 Å². The Hall–Kier alpha value is -1.84. The molecule has 1 fully saturated rings. The van der Waals surface area contributed by atoms with Crippen LogP contribution in [0.5, 0.6) is 0 Å². The highest BCUT2D eigenvalue weighted by atomic mass is 16.2. The minimum absolute atomic E-state index is 0.00271. The number of anilines is 1. The summed E-state index contributed by atoms with van der Waals surface area (Å²) < 4.78 is 0. The molecule has 21 heavy (non-hydrogen) atoms. The average molecular weight is 286 g/mol. The first kappa shape index (κ1) is 14.1. The van der Waals surface area contributed by atoms with Crippen molar-refractivity contribution in [1.29, 1.82) is 0 Å². The number of nitrogens with one attached hydrogen (secondary N) is 2. The van der Waals surface area contributed by atoms with E-state index in [0.717, 1.165) is 17.8 Å². The molecule has 0 aromatic heterocycles. The summed E-state index contributed by atoms with van der Waals surface area (Å²) in [7, 11) is 0. The maximum Gasteiger partial charge on any atom is 0.251 e. The number of carbonyl (C=O) groups is 2. The Morgan fingerprint density at radius 2 is 2.14 bits per heavy atom. The molecule has 2 amide bonds. The summed E-state index contributed by atoms with van der Waals surface area (Å²) in [5, 5.41) is 5.91. The first-order chi connectivity index (χ1) is 10.1. The molecule has 1 aliphatic carbocycles. The van der Waals surface area contributed by atoms with E-state index in [-0.39, 0.29) is 11.8 Å². The van der Waals surface area contributed by atoms with Crippen LogP contribution >= 0.6 is 0 Å². The molecule has 1 aromatic carbocycles. The van der Waals surface area contributed by atoms with Crippen LogP contribution < -0.4 is 10.6 Å². The smallest absolute Gasteiger partial charge is 0.251 e. The van der Waals surface area contributed by atoms with Crippen LogP contribution in [0.1, 0.15) is 54.9 Å². The average Bonchev–Trinajstić information content (AvgIpc) is 3.25. The lowest BCUT2D eigenvalue weighted by molar-refractivity contribution is -0.116. The van der Waals surface area contributed by atoms with Crippen LogP contribution in [0, 0.1) is 5.41 Å². The zero-order valence-corrected chi connectivity index (χ0v) is 12.5. The fourth-order valence-corrected chi connectivity index (χ4v) is 3.12. The lowest BCUT2D eigenvalue weighted by Gasteiger charge is -2.18. The van der Waals surface area contributed by atoms with Gasteiger partial charge in [-0.1, -0.05) is 13.3 Å². The second-order valence-corrected chi connectivity index (χ2v) is 6.35. The molecule has 0 bridgehead atoms. The van der Waals surface area contributed by atoms with Gasteiger partial charge in [0.25, 0.3) is 5.91 Å². The predicted octanol–water partition coefficient (Wildman–Crippen LogP) is 2.88. The van der Waals surface area contributed by atoms with E-state index >= 15 is 0 Å². The van der Waals surface area contributed by atoms with Gasteiger partial charge in [0.05, 0.1) is 0 Å². The Morgan fingerprint density at radius 3 is 2.86 bits per heavy atom. The molecule has 1 heterocycles. The molecular weight excluding hydrogens is 264 g/mol. The minimum Gasteiger partial charge on any atom is -0.351 e. The molecule has 2 N–H and O–H groups in total. The maximum absolute atomic E-state index is 12.3. The third-order valence-corrected chi connectivity index (χ3v) is 4.62. The molecule has 4 nitrogen and oxygen atoms in total. The molecule has 1 saturated carbocycles. The summed E-state index contributed by atoms with van der Waals surface area (Å²) in [4.78, 5) is 23.6. The summed E-state index contributed by atoms with van der Waals surface area (Å²) in [5.41, 5.74) is 2.95. The van der Waals surface area contributed by atoms with Gasteiger partial charge in [-0.25, -0.2) is 0 Å². The Balaban J connectivity index is 1.64. The van der Waals surface area contributed by atoms with E-state index in [9.17, 15) is 9.59 Å². The highest BCUT2D eigenvalue weighted by Crippen LogP contribution is 2.48. The van der Waals surface area contributed by atoms with Gasteiger partial charge in [0.2, 0.25) is 5.91 Å². The van der Waals surface area contributed by atoms with Gasteiger partial charge in [0, 0.05) is 24.2 Å². The number of hydrogen-bond donors (Lipinski definition) is 2. The minimum atomic E-state index is -0.00271. The van der Waals surface area contributed by atoms with E-state index < -0.39 is 0 Å². The van der Waals surface area contributed by atoms with Gasteiger partial charge >= 0.3 is 0 Å². The molecule has 1 aromatic rings. The zero-order valence-electron chi connectivity index (χ0n) is 12.5. The SMILES string of the molecule is CCCC1(CNC(=O)c2ccc3c(c2)CCC(=O)N3)CC1. The fourth-order valence-electron chi connectivity index (χ4n) is 3.12. The Kier molecular flexibility index (Phi) is 3.70. The number of hydrogen-bond acceptors (Lipinski definition) is 2. The van der Waals surface area contributed by atoms with Gasteiger partial charge in [-0.3, -0.25) is 9.59 Å². The first-order valence-corrected chi connectivity index (χ1v) is 7.83. The van der Waals surface area contributed by atoms with E-state index in [1.165, 1.54) is 25.7 Å². The molecule has 0 atom stereocenters. The van der Waals surface area contributed by atoms with Crippen LogP contribution in [-0.2, 0) is 11.2 Å². The monoisotopic (exact) mass is 286 g/mol. The van der Waals surface area contributed by atoms with Gasteiger partial charge < -0.3 is 10.6 Å². The first-order valence-electron chi connectivity index (χ1n) is 7.83. The third kappa shape index (κ3) is 3.09. The van der Waals surface area contributed by atoms with E-state index in [1.807, 2.05) is 12.1 Å². The number of aryl methyl sites for hydroxylation is 1. The van der Waals surface area contributed by atoms with Crippen molar-refractivity contribution in [2.45, 2.75) is 45.4 Å². The van der Waals surface area contributed by atoms with Crippen molar-refractivity contribution >= 4 is 17.5 Å². The summed E-state index contributed by atoms with van der Waals surface area (Å²) in [6.07, 6.45) is 6.05.